The third-order valence-corrected chi connectivity index (χ3v) is 4.56. The standard InChI is InChI=1S/C17H30N4O2S/c1-12-13(2)24-16(18-12)19-14(22)11-21(10-8-9-20(6)7)15(23)17(3,4)5/h8-11H2,1-7H3,(H,18,19,22). The van der Waals surface area contributed by atoms with Crippen LogP contribution in [0.3, 0.4) is 0 Å². The summed E-state index contributed by atoms with van der Waals surface area (Å²) in [7, 11) is 3.99. The van der Waals surface area contributed by atoms with Gasteiger partial charge in [0.25, 0.3) is 0 Å². The number of nitrogens with zero attached hydrogens (tertiary/aromatic N) is 3. The minimum absolute atomic E-state index is 0.0112. The molecule has 0 aliphatic carbocycles. The van der Waals surface area contributed by atoms with Gasteiger partial charge in [0.1, 0.15) is 0 Å². The maximum atomic E-state index is 12.6. The summed E-state index contributed by atoms with van der Waals surface area (Å²) in [5, 5.41) is 3.39. The zero-order valence-corrected chi connectivity index (χ0v) is 16.7. The summed E-state index contributed by atoms with van der Waals surface area (Å²) in [5.74, 6) is -0.214. The molecule has 0 saturated carbocycles. The third kappa shape index (κ3) is 6.57. The first-order chi connectivity index (χ1) is 11.0. The van der Waals surface area contributed by atoms with E-state index in [1.807, 2.05) is 48.7 Å². The van der Waals surface area contributed by atoms with Crippen molar-refractivity contribution < 1.29 is 9.59 Å². The van der Waals surface area contributed by atoms with Gasteiger partial charge in [0.15, 0.2) is 5.13 Å². The quantitative estimate of drug-likeness (QED) is 0.817. The second kappa shape index (κ2) is 8.58. The molecule has 136 valence electrons. The average Bonchev–Trinajstić information content (AvgIpc) is 2.73. The molecule has 2 amide bonds. The first-order valence-corrected chi connectivity index (χ1v) is 9.00. The van der Waals surface area contributed by atoms with Crippen LogP contribution in [0.25, 0.3) is 0 Å². The van der Waals surface area contributed by atoms with E-state index in [-0.39, 0.29) is 18.4 Å². The van der Waals surface area contributed by atoms with Crippen molar-refractivity contribution in [1.82, 2.24) is 14.8 Å². The van der Waals surface area contributed by atoms with Gasteiger partial charge in [-0.05, 0) is 40.9 Å². The Balaban J connectivity index is 2.71. The number of hydrogen-bond donors (Lipinski definition) is 1. The number of amides is 2. The van der Waals surface area contributed by atoms with Gasteiger partial charge in [-0.1, -0.05) is 20.8 Å². The van der Waals surface area contributed by atoms with Crippen LogP contribution < -0.4 is 5.32 Å². The van der Waals surface area contributed by atoms with Crippen molar-refractivity contribution in [2.24, 2.45) is 5.41 Å². The van der Waals surface area contributed by atoms with E-state index in [4.69, 9.17) is 0 Å². The Bertz CT molecular complexity index is 556. The molecule has 7 heteroatoms. The van der Waals surface area contributed by atoms with E-state index in [0.29, 0.717) is 11.7 Å². The second-order valence-corrected chi connectivity index (χ2v) is 8.55. The summed E-state index contributed by atoms with van der Waals surface area (Å²) >= 11 is 1.45. The molecule has 1 aromatic heterocycles. The summed E-state index contributed by atoms with van der Waals surface area (Å²) in [6, 6.07) is 0. The van der Waals surface area contributed by atoms with Crippen molar-refractivity contribution >= 4 is 28.3 Å². The topological polar surface area (TPSA) is 65.5 Å². The van der Waals surface area contributed by atoms with E-state index in [0.717, 1.165) is 23.5 Å². The van der Waals surface area contributed by atoms with Gasteiger partial charge in [-0.2, -0.15) is 0 Å². The van der Waals surface area contributed by atoms with E-state index in [9.17, 15) is 9.59 Å². The molecule has 0 atom stereocenters. The van der Waals surface area contributed by atoms with Crippen LogP contribution in [0.4, 0.5) is 5.13 Å². The third-order valence-electron chi connectivity index (χ3n) is 3.57. The summed E-state index contributed by atoms with van der Waals surface area (Å²) in [6.45, 7) is 11.0. The molecule has 24 heavy (non-hydrogen) atoms. The normalized spacial score (nSPS) is 11.7. The number of nitrogens with one attached hydrogen (secondary N) is 1. The maximum absolute atomic E-state index is 12.6. The fourth-order valence-corrected chi connectivity index (χ4v) is 2.99. The summed E-state index contributed by atoms with van der Waals surface area (Å²) < 4.78 is 0. The average molecular weight is 355 g/mol. The molecular formula is C17H30N4O2S. The van der Waals surface area contributed by atoms with Gasteiger partial charge >= 0.3 is 0 Å². The van der Waals surface area contributed by atoms with Crippen LogP contribution in [0.5, 0.6) is 0 Å². The van der Waals surface area contributed by atoms with Crippen molar-refractivity contribution in [2.45, 2.75) is 41.0 Å². The molecule has 1 heterocycles. The molecule has 0 fully saturated rings. The molecule has 0 aliphatic heterocycles. The van der Waals surface area contributed by atoms with E-state index in [1.54, 1.807) is 4.90 Å². The molecule has 0 saturated heterocycles. The maximum Gasteiger partial charge on any atom is 0.245 e. The Hall–Kier alpha value is -1.47. The number of thiazole rings is 1. The van der Waals surface area contributed by atoms with Gasteiger partial charge in [0.05, 0.1) is 12.2 Å². The molecule has 6 nitrogen and oxygen atoms in total. The zero-order chi connectivity index (χ0) is 18.5. The lowest BCUT2D eigenvalue weighted by molar-refractivity contribution is -0.141. The van der Waals surface area contributed by atoms with E-state index in [1.165, 1.54) is 11.3 Å². The Labute approximate surface area is 149 Å². The number of carbonyl (C=O) groups is 2. The SMILES string of the molecule is Cc1nc(NC(=O)CN(CCCN(C)C)C(=O)C(C)(C)C)sc1C. The van der Waals surface area contributed by atoms with Gasteiger partial charge in [-0.3, -0.25) is 9.59 Å². The lowest BCUT2D eigenvalue weighted by atomic mass is 9.94. The van der Waals surface area contributed by atoms with Crippen LogP contribution in [0, 0.1) is 19.3 Å². The van der Waals surface area contributed by atoms with Gasteiger partial charge in [0, 0.05) is 16.8 Å². The molecule has 0 spiro atoms. The minimum atomic E-state index is -0.507. The van der Waals surface area contributed by atoms with Gasteiger partial charge in [-0.25, -0.2) is 4.98 Å². The molecule has 1 N–H and O–H groups in total. The predicted molar refractivity (Wildman–Crippen MR) is 99.4 cm³/mol. The first-order valence-electron chi connectivity index (χ1n) is 8.18. The van der Waals surface area contributed by atoms with Crippen LogP contribution >= 0.6 is 11.3 Å². The zero-order valence-electron chi connectivity index (χ0n) is 15.9. The highest BCUT2D eigenvalue weighted by Gasteiger charge is 2.28. The van der Waals surface area contributed by atoms with Crippen molar-refractivity contribution in [1.29, 1.82) is 0 Å². The second-order valence-electron chi connectivity index (χ2n) is 7.34. The van der Waals surface area contributed by atoms with Gasteiger partial charge in [0.2, 0.25) is 11.8 Å². The summed E-state index contributed by atoms with van der Waals surface area (Å²) in [6.07, 6.45) is 0.831. The van der Waals surface area contributed by atoms with Crippen LogP contribution in [0.1, 0.15) is 37.8 Å². The molecular weight excluding hydrogens is 324 g/mol. The molecule has 0 aliphatic rings. The molecule has 1 rings (SSSR count). The number of carbonyl (C=O) groups excluding carboxylic acids is 2. The monoisotopic (exact) mass is 354 g/mol. The minimum Gasteiger partial charge on any atom is -0.333 e. The van der Waals surface area contributed by atoms with E-state index < -0.39 is 5.41 Å². The van der Waals surface area contributed by atoms with Crippen molar-refractivity contribution in [3.05, 3.63) is 10.6 Å². The number of rotatable bonds is 7. The number of anilines is 1. The highest BCUT2D eigenvalue weighted by atomic mass is 32.1. The van der Waals surface area contributed by atoms with Crippen LogP contribution in [-0.2, 0) is 9.59 Å². The van der Waals surface area contributed by atoms with Crippen molar-refractivity contribution in [3.63, 3.8) is 0 Å². The Morgan fingerprint density at radius 1 is 1.17 bits per heavy atom. The lowest BCUT2D eigenvalue weighted by Gasteiger charge is -2.29. The number of aryl methyl sites for hydroxylation is 2. The fourth-order valence-electron chi connectivity index (χ4n) is 2.16. The molecule has 0 bridgehead atoms. The Morgan fingerprint density at radius 3 is 2.25 bits per heavy atom. The van der Waals surface area contributed by atoms with E-state index >= 15 is 0 Å². The number of aromatic nitrogens is 1. The smallest absolute Gasteiger partial charge is 0.245 e. The predicted octanol–water partition coefficient (Wildman–Crippen LogP) is 2.52. The van der Waals surface area contributed by atoms with Crippen molar-refractivity contribution in [2.75, 3.05) is 39.0 Å². The van der Waals surface area contributed by atoms with Crippen molar-refractivity contribution in [3.8, 4) is 0 Å². The van der Waals surface area contributed by atoms with Crippen LogP contribution in [0.15, 0.2) is 0 Å². The largest absolute Gasteiger partial charge is 0.333 e. The molecule has 1 aromatic rings. The summed E-state index contributed by atoms with van der Waals surface area (Å²) in [4.78, 5) is 34.0. The fraction of sp³-hybridized carbons (Fsp3) is 0.706. The Kier molecular flexibility index (Phi) is 7.35. The molecule has 0 aromatic carbocycles. The van der Waals surface area contributed by atoms with Gasteiger partial charge < -0.3 is 15.1 Å². The van der Waals surface area contributed by atoms with Crippen LogP contribution in [-0.4, -0.2) is 60.3 Å². The highest BCUT2D eigenvalue weighted by Crippen LogP contribution is 2.21. The molecule has 0 unspecified atom stereocenters. The molecule has 0 radical (unpaired) electrons. The Morgan fingerprint density at radius 2 is 1.79 bits per heavy atom. The summed E-state index contributed by atoms with van der Waals surface area (Å²) in [5.41, 5.74) is 0.413. The van der Waals surface area contributed by atoms with E-state index in [2.05, 4.69) is 15.2 Å². The van der Waals surface area contributed by atoms with Crippen LogP contribution in [0.2, 0.25) is 0 Å². The number of hydrogen-bond acceptors (Lipinski definition) is 5. The first kappa shape index (κ1) is 20.6. The highest BCUT2D eigenvalue weighted by molar-refractivity contribution is 7.15. The lowest BCUT2D eigenvalue weighted by Crippen LogP contribution is -2.44. The van der Waals surface area contributed by atoms with Gasteiger partial charge in [-0.15, -0.1) is 11.3 Å².